The van der Waals surface area contributed by atoms with Gasteiger partial charge in [-0.3, -0.25) is 0 Å². The van der Waals surface area contributed by atoms with Crippen LogP contribution in [0, 0.1) is 0 Å². The van der Waals surface area contributed by atoms with E-state index in [1.54, 1.807) is 6.33 Å². The van der Waals surface area contributed by atoms with E-state index in [0.717, 1.165) is 33.5 Å². The van der Waals surface area contributed by atoms with E-state index in [0.29, 0.717) is 0 Å². The number of rotatable bonds is 1. The van der Waals surface area contributed by atoms with Crippen molar-refractivity contribution in [2.24, 2.45) is 0 Å². The second-order valence-electron chi connectivity index (χ2n) is 9.14. The fraction of sp³-hybridized carbons (Fsp3) is 0.364. The first-order valence-electron chi connectivity index (χ1n) is 9.11. The van der Waals surface area contributed by atoms with Crippen molar-refractivity contribution in [3.8, 4) is 11.4 Å². The molecule has 4 heteroatoms. The SMILES string of the molecule is CC(C)(C)c1ccc2nc(-c3cc(C(C)(C)C)c4nc[nH]c4c3)[nH]c2c1. The molecule has 0 aliphatic heterocycles. The lowest BCUT2D eigenvalue weighted by atomic mass is 9.85. The van der Waals surface area contributed by atoms with E-state index in [1.807, 2.05) is 0 Å². The molecule has 4 rings (SSSR count). The maximum Gasteiger partial charge on any atom is 0.138 e. The molecule has 0 saturated heterocycles. The zero-order chi connectivity index (χ0) is 18.7. The summed E-state index contributed by atoms with van der Waals surface area (Å²) in [6.45, 7) is 13.3. The largest absolute Gasteiger partial charge is 0.345 e. The molecule has 0 bridgehead atoms. The van der Waals surface area contributed by atoms with E-state index in [4.69, 9.17) is 4.98 Å². The number of H-pyrrole nitrogens is 2. The van der Waals surface area contributed by atoms with Crippen LogP contribution in [0.2, 0.25) is 0 Å². The Bertz CT molecular complexity index is 1100. The molecule has 2 aromatic carbocycles. The van der Waals surface area contributed by atoms with Crippen LogP contribution < -0.4 is 0 Å². The van der Waals surface area contributed by atoms with Gasteiger partial charge in [0.2, 0.25) is 0 Å². The molecule has 0 saturated carbocycles. The molecule has 0 spiro atoms. The summed E-state index contributed by atoms with van der Waals surface area (Å²) < 4.78 is 0. The highest BCUT2D eigenvalue weighted by Crippen LogP contribution is 2.33. The predicted octanol–water partition coefficient (Wildman–Crippen LogP) is 5.70. The average Bonchev–Trinajstić information content (AvgIpc) is 3.17. The molecule has 0 unspecified atom stereocenters. The van der Waals surface area contributed by atoms with Crippen molar-refractivity contribution in [3.63, 3.8) is 0 Å². The molecule has 4 nitrogen and oxygen atoms in total. The lowest BCUT2D eigenvalue weighted by Crippen LogP contribution is -2.12. The number of aromatic amines is 2. The molecule has 0 radical (unpaired) electrons. The van der Waals surface area contributed by atoms with E-state index in [1.165, 1.54) is 11.1 Å². The second kappa shape index (κ2) is 5.44. The Kier molecular flexibility index (Phi) is 3.52. The summed E-state index contributed by atoms with van der Waals surface area (Å²) >= 11 is 0. The number of aromatic nitrogens is 4. The van der Waals surface area contributed by atoms with E-state index < -0.39 is 0 Å². The van der Waals surface area contributed by atoms with E-state index >= 15 is 0 Å². The molecule has 2 N–H and O–H groups in total. The lowest BCUT2D eigenvalue weighted by Gasteiger charge is -2.20. The van der Waals surface area contributed by atoms with Gasteiger partial charge in [0.05, 0.1) is 28.4 Å². The summed E-state index contributed by atoms with van der Waals surface area (Å²) in [5.41, 5.74) is 7.89. The highest BCUT2D eigenvalue weighted by molar-refractivity contribution is 5.87. The van der Waals surface area contributed by atoms with Crippen LogP contribution in [0.4, 0.5) is 0 Å². The van der Waals surface area contributed by atoms with E-state index in [9.17, 15) is 0 Å². The standard InChI is InChI=1S/C22H26N4/c1-21(2,3)14-7-8-16-17(11-14)26-20(25-16)13-9-15(22(4,5)6)19-18(10-13)23-12-24-19/h7-12H,1-6H3,(H,23,24)(H,25,26). The van der Waals surface area contributed by atoms with Crippen molar-refractivity contribution in [3.05, 3.63) is 47.8 Å². The highest BCUT2D eigenvalue weighted by atomic mass is 14.9. The van der Waals surface area contributed by atoms with Crippen LogP contribution in [0.15, 0.2) is 36.7 Å². The summed E-state index contributed by atoms with van der Waals surface area (Å²) in [5.74, 6) is 0.896. The molecular weight excluding hydrogens is 320 g/mol. The Morgan fingerprint density at radius 3 is 2.31 bits per heavy atom. The molecule has 0 aliphatic rings. The first kappa shape index (κ1) is 16.8. The Hall–Kier alpha value is -2.62. The van der Waals surface area contributed by atoms with Gasteiger partial charge in [0.1, 0.15) is 5.82 Å². The third-order valence-electron chi connectivity index (χ3n) is 4.95. The normalized spacial score (nSPS) is 13.0. The quantitative estimate of drug-likeness (QED) is 0.464. The van der Waals surface area contributed by atoms with E-state index in [-0.39, 0.29) is 10.8 Å². The average molecular weight is 346 g/mol. The first-order valence-corrected chi connectivity index (χ1v) is 9.11. The molecule has 134 valence electrons. The monoisotopic (exact) mass is 346 g/mol. The zero-order valence-corrected chi connectivity index (χ0v) is 16.4. The van der Waals surface area contributed by atoms with Crippen LogP contribution >= 0.6 is 0 Å². The highest BCUT2D eigenvalue weighted by Gasteiger charge is 2.21. The minimum absolute atomic E-state index is 0.00880. The fourth-order valence-corrected chi connectivity index (χ4v) is 3.37. The van der Waals surface area contributed by atoms with Gasteiger partial charge in [-0.15, -0.1) is 0 Å². The van der Waals surface area contributed by atoms with Gasteiger partial charge < -0.3 is 9.97 Å². The zero-order valence-electron chi connectivity index (χ0n) is 16.4. The number of hydrogen-bond acceptors (Lipinski definition) is 2. The maximum absolute atomic E-state index is 4.83. The van der Waals surface area contributed by atoms with Gasteiger partial charge >= 0.3 is 0 Å². The number of nitrogens with zero attached hydrogens (tertiary/aromatic N) is 2. The summed E-state index contributed by atoms with van der Waals surface area (Å²) in [7, 11) is 0. The van der Waals surface area contributed by atoms with Gasteiger partial charge in [0.15, 0.2) is 0 Å². The Morgan fingerprint density at radius 1 is 0.846 bits per heavy atom. The predicted molar refractivity (Wildman–Crippen MR) is 109 cm³/mol. The van der Waals surface area contributed by atoms with Gasteiger partial charge in [-0.05, 0) is 46.2 Å². The maximum atomic E-state index is 4.83. The molecule has 2 heterocycles. The lowest BCUT2D eigenvalue weighted by molar-refractivity contribution is 0.591. The van der Waals surface area contributed by atoms with Crippen molar-refractivity contribution in [1.29, 1.82) is 0 Å². The molecule has 0 fully saturated rings. The van der Waals surface area contributed by atoms with Crippen molar-refractivity contribution >= 4 is 22.1 Å². The Labute approximate surface area is 154 Å². The van der Waals surface area contributed by atoms with Crippen LogP contribution in [-0.4, -0.2) is 19.9 Å². The van der Waals surface area contributed by atoms with Gasteiger partial charge in [-0.1, -0.05) is 47.6 Å². The molecule has 0 atom stereocenters. The third-order valence-corrected chi connectivity index (χ3v) is 4.95. The molecule has 4 aromatic rings. The van der Waals surface area contributed by atoms with E-state index in [2.05, 4.69) is 86.8 Å². The minimum Gasteiger partial charge on any atom is -0.345 e. The number of imidazole rings is 2. The first-order chi connectivity index (χ1) is 12.1. The van der Waals surface area contributed by atoms with Crippen molar-refractivity contribution in [2.45, 2.75) is 52.4 Å². The summed E-state index contributed by atoms with van der Waals surface area (Å²) in [4.78, 5) is 16.1. The Morgan fingerprint density at radius 2 is 1.62 bits per heavy atom. The van der Waals surface area contributed by atoms with Crippen molar-refractivity contribution < 1.29 is 0 Å². The van der Waals surface area contributed by atoms with Crippen LogP contribution in [0.3, 0.4) is 0 Å². The molecule has 2 aromatic heterocycles. The fourth-order valence-electron chi connectivity index (χ4n) is 3.37. The second-order valence-corrected chi connectivity index (χ2v) is 9.14. The van der Waals surface area contributed by atoms with Crippen LogP contribution in [-0.2, 0) is 10.8 Å². The Balaban J connectivity index is 1.90. The van der Waals surface area contributed by atoms with Crippen molar-refractivity contribution in [1.82, 2.24) is 19.9 Å². The van der Waals surface area contributed by atoms with Crippen molar-refractivity contribution in [2.75, 3.05) is 0 Å². The summed E-state index contributed by atoms with van der Waals surface area (Å²) in [6.07, 6.45) is 1.76. The van der Waals surface area contributed by atoms with Crippen LogP contribution in [0.25, 0.3) is 33.5 Å². The number of benzene rings is 2. The molecule has 0 aliphatic carbocycles. The smallest absolute Gasteiger partial charge is 0.138 e. The molecule has 0 amide bonds. The number of fused-ring (bicyclic) bond motifs is 2. The third kappa shape index (κ3) is 2.79. The van der Waals surface area contributed by atoms with Gasteiger partial charge in [0, 0.05) is 5.56 Å². The minimum atomic E-state index is 0.00880. The van der Waals surface area contributed by atoms with Crippen LogP contribution in [0.5, 0.6) is 0 Å². The van der Waals surface area contributed by atoms with Crippen LogP contribution in [0.1, 0.15) is 52.7 Å². The van der Waals surface area contributed by atoms with Gasteiger partial charge in [0.25, 0.3) is 0 Å². The topological polar surface area (TPSA) is 57.4 Å². The summed E-state index contributed by atoms with van der Waals surface area (Å²) in [5, 5.41) is 0. The van der Waals surface area contributed by atoms with Gasteiger partial charge in [-0.2, -0.15) is 0 Å². The van der Waals surface area contributed by atoms with Gasteiger partial charge in [-0.25, -0.2) is 9.97 Å². The number of hydrogen-bond donors (Lipinski definition) is 2. The molecular formula is C22H26N4. The summed E-state index contributed by atoms with van der Waals surface area (Å²) in [6, 6.07) is 10.8. The molecule has 26 heavy (non-hydrogen) atoms. The number of nitrogens with one attached hydrogen (secondary N) is 2.